The lowest BCUT2D eigenvalue weighted by Crippen LogP contribution is -2.36. The van der Waals surface area contributed by atoms with Crippen molar-refractivity contribution in [1.82, 2.24) is 10.6 Å². The highest BCUT2D eigenvalue weighted by atomic mass is 32.2. The van der Waals surface area contributed by atoms with Crippen LogP contribution in [0.15, 0.2) is 24.3 Å². The summed E-state index contributed by atoms with van der Waals surface area (Å²) in [4.78, 5) is 34.3. The molecule has 3 atom stereocenters. The Morgan fingerprint density at radius 3 is 2.68 bits per heavy atom. The Morgan fingerprint density at radius 1 is 1.20 bits per heavy atom. The maximum Gasteiger partial charge on any atom is 0.315 e. The SMILES string of the molecule is NC(=O)c1ccc(NC(=O)CCCC[C@H]2SC[C@@H]3NC(=O)N[C@H]32)cc1. The number of hydrogen-bond acceptors (Lipinski definition) is 4. The van der Waals surface area contributed by atoms with Crippen LogP contribution >= 0.6 is 11.8 Å². The summed E-state index contributed by atoms with van der Waals surface area (Å²) in [5, 5.41) is 9.15. The van der Waals surface area contributed by atoms with Crippen LogP contribution in [0.1, 0.15) is 36.0 Å². The molecule has 7 nitrogen and oxygen atoms in total. The fourth-order valence-corrected chi connectivity index (χ4v) is 4.76. The van der Waals surface area contributed by atoms with Crippen molar-refractivity contribution in [2.45, 2.75) is 43.0 Å². The molecule has 0 aromatic heterocycles. The number of unbranched alkanes of at least 4 members (excludes halogenated alkanes) is 1. The quantitative estimate of drug-likeness (QED) is 0.434. The minimum Gasteiger partial charge on any atom is -0.366 e. The Balaban J connectivity index is 1.35. The van der Waals surface area contributed by atoms with Crippen molar-refractivity contribution in [3.8, 4) is 0 Å². The zero-order valence-electron chi connectivity index (χ0n) is 13.8. The molecule has 0 radical (unpaired) electrons. The number of rotatable bonds is 7. The number of nitrogens with one attached hydrogen (secondary N) is 3. The highest BCUT2D eigenvalue weighted by Gasteiger charge is 2.42. The minimum absolute atomic E-state index is 0.0420. The summed E-state index contributed by atoms with van der Waals surface area (Å²) >= 11 is 1.89. The van der Waals surface area contributed by atoms with E-state index in [0.29, 0.717) is 22.9 Å². The summed E-state index contributed by atoms with van der Waals surface area (Å²) in [5.74, 6) is 0.425. The van der Waals surface area contributed by atoms with Gasteiger partial charge in [-0.2, -0.15) is 11.8 Å². The van der Waals surface area contributed by atoms with E-state index in [-0.39, 0.29) is 24.0 Å². The fraction of sp³-hybridized carbons (Fsp3) is 0.471. The van der Waals surface area contributed by atoms with E-state index in [2.05, 4.69) is 16.0 Å². The first-order valence-corrected chi connectivity index (χ1v) is 9.46. The van der Waals surface area contributed by atoms with Crippen molar-refractivity contribution in [3.63, 3.8) is 0 Å². The molecule has 2 fully saturated rings. The number of amides is 4. The second kappa shape index (κ2) is 7.77. The number of primary amides is 1. The Labute approximate surface area is 150 Å². The molecule has 1 aromatic carbocycles. The first-order valence-electron chi connectivity index (χ1n) is 8.41. The highest BCUT2D eigenvalue weighted by molar-refractivity contribution is 8.00. The number of urea groups is 1. The molecule has 0 saturated carbocycles. The maximum absolute atomic E-state index is 12.0. The van der Waals surface area contributed by atoms with Gasteiger partial charge in [0.1, 0.15) is 0 Å². The number of nitrogens with two attached hydrogens (primary N) is 1. The predicted octanol–water partition coefficient (Wildman–Crippen LogP) is 1.45. The van der Waals surface area contributed by atoms with Crippen LogP contribution in [0.4, 0.5) is 10.5 Å². The second-order valence-electron chi connectivity index (χ2n) is 6.36. The number of carbonyl (C=O) groups is 3. The molecule has 3 rings (SSSR count). The number of benzene rings is 1. The second-order valence-corrected chi connectivity index (χ2v) is 7.63. The summed E-state index contributed by atoms with van der Waals surface area (Å²) < 4.78 is 0. The number of thioether (sulfide) groups is 1. The van der Waals surface area contributed by atoms with Gasteiger partial charge >= 0.3 is 6.03 Å². The van der Waals surface area contributed by atoms with Crippen LogP contribution in [0.5, 0.6) is 0 Å². The van der Waals surface area contributed by atoms with Gasteiger partial charge in [-0.3, -0.25) is 9.59 Å². The van der Waals surface area contributed by atoms with E-state index >= 15 is 0 Å². The van der Waals surface area contributed by atoms with Gasteiger partial charge in [0.25, 0.3) is 0 Å². The number of anilines is 1. The number of carbonyl (C=O) groups excluding carboxylic acids is 3. The molecule has 2 aliphatic rings. The predicted molar refractivity (Wildman–Crippen MR) is 97.5 cm³/mol. The van der Waals surface area contributed by atoms with E-state index in [1.807, 2.05) is 11.8 Å². The van der Waals surface area contributed by atoms with Crippen LogP contribution in [0.2, 0.25) is 0 Å². The van der Waals surface area contributed by atoms with Gasteiger partial charge in [0.05, 0.1) is 12.1 Å². The van der Waals surface area contributed by atoms with Gasteiger partial charge < -0.3 is 21.7 Å². The van der Waals surface area contributed by atoms with E-state index in [0.717, 1.165) is 25.0 Å². The van der Waals surface area contributed by atoms with Crippen molar-refractivity contribution in [3.05, 3.63) is 29.8 Å². The molecule has 0 spiro atoms. The zero-order valence-corrected chi connectivity index (χ0v) is 14.6. The first kappa shape index (κ1) is 17.6. The van der Waals surface area contributed by atoms with Gasteiger partial charge in [0.15, 0.2) is 0 Å². The molecular formula is C17H22N4O3S. The van der Waals surface area contributed by atoms with Crippen molar-refractivity contribution >= 4 is 35.3 Å². The molecule has 0 aliphatic carbocycles. The number of hydrogen-bond donors (Lipinski definition) is 4. The summed E-state index contributed by atoms with van der Waals surface area (Å²) in [7, 11) is 0. The molecule has 2 saturated heterocycles. The highest BCUT2D eigenvalue weighted by Crippen LogP contribution is 2.33. The molecule has 25 heavy (non-hydrogen) atoms. The molecule has 5 N–H and O–H groups in total. The van der Waals surface area contributed by atoms with E-state index in [1.54, 1.807) is 24.3 Å². The molecule has 134 valence electrons. The molecular weight excluding hydrogens is 340 g/mol. The maximum atomic E-state index is 12.0. The summed E-state index contributed by atoms with van der Waals surface area (Å²) in [5.41, 5.74) is 6.25. The van der Waals surface area contributed by atoms with Gasteiger partial charge in [0.2, 0.25) is 11.8 Å². The average molecular weight is 362 g/mol. The lowest BCUT2D eigenvalue weighted by Gasteiger charge is -2.16. The van der Waals surface area contributed by atoms with Crippen molar-refractivity contribution < 1.29 is 14.4 Å². The van der Waals surface area contributed by atoms with Crippen LogP contribution in [0.25, 0.3) is 0 Å². The lowest BCUT2D eigenvalue weighted by molar-refractivity contribution is -0.116. The van der Waals surface area contributed by atoms with Crippen LogP contribution in [0.3, 0.4) is 0 Å². The monoisotopic (exact) mass is 362 g/mol. The third-order valence-corrected chi connectivity index (χ3v) is 6.04. The van der Waals surface area contributed by atoms with Crippen LogP contribution in [-0.2, 0) is 4.79 Å². The topological polar surface area (TPSA) is 113 Å². The van der Waals surface area contributed by atoms with E-state index in [9.17, 15) is 14.4 Å². The first-order chi connectivity index (χ1) is 12.0. The van der Waals surface area contributed by atoms with Crippen LogP contribution < -0.4 is 21.7 Å². The number of fused-ring (bicyclic) bond motifs is 1. The third kappa shape index (κ3) is 4.45. The normalized spacial score (nSPS) is 24.3. The largest absolute Gasteiger partial charge is 0.366 e. The molecule has 2 heterocycles. The molecule has 8 heteroatoms. The Bertz CT molecular complexity index is 664. The average Bonchev–Trinajstić information content (AvgIpc) is 3.11. The fourth-order valence-electron chi connectivity index (χ4n) is 3.22. The summed E-state index contributed by atoms with van der Waals surface area (Å²) in [6.07, 6.45) is 3.20. The van der Waals surface area contributed by atoms with Crippen LogP contribution in [-0.4, -0.2) is 40.9 Å². The summed E-state index contributed by atoms with van der Waals surface area (Å²) in [6, 6.07) is 6.92. The van der Waals surface area contributed by atoms with Crippen molar-refractivity contribution in [2.75, 3.05) is 11.1 Å². The Kier molecular flexibility index (Phi) is 5.47. The molecule has 0 bridgehead atoms. The molecule has 2 aliphatic heterocycles. The van der Waals surface area contributed by atoms with Crippen molar-refractivity contribution in [1.29, 1.82) is 0 Å². The van der Waals surface area contributed by atoms with Crippen LogP contribution in [0, 0.1) is 0 Å². The third-order valence-electron chi connectivity index (χ3n) is 4.53. The van der Waals surface area contributed by atoms with Gasteiger partial charge in [-0.15, -0.1) is 0 Å². The van der Waals surface area contributed by atoms with E-state index < -0.39 is 5.91 Å². The zero-order chi connectivity index (χ0) is 17.8. The smallest absolute Gasteiger partial charge is 0.315 e. The summed E-state index contributed by atoms with van der Waals surface area (Å²) in [6.45, 7) is 0. The van der Waals surface area contributed by atoms with E-state index in [4.69, 9.17) is 5.73 Å². The molecule has 1 aromatic rings. The Morgan fingerprint density at radius 2 is 1.96 bits per heavy atom. The van der Waals surface area contributed by atoms with Gasteiger partial charge in [0, 0.05) is 28.7 Å². The van der Waals surface area contributed by atoms with Gasteiger partial charge in [-0.05, 0) is 37.1 Å². The lowest BCUT2D eigenvalue weighted by atomic mass is 10.0. The Hall–Kier alpha value is -2.22. The van der Waals surface area contributed by atoms with Gasteiger partial charge in [-0.25, -0.2) is 4.79 Å². The van der Waals surface area contributed by atoms with Gasteiger partial charge in [-0.1, -0.05) is 6.42 Å². The molecule has 0 unspecified atom stereocenters. The standard InChI is InChI=1S/C17H22N4O3S/c18-16(23)10-5-7-11(8-6-10)19-14(22)4-2-1-3-13-15-12(9-25-13)20-17(24)21-15/h5-8,12-13,15H,1-4,9H2,(H2,18,23)(H,19,22)(H2,20,21,24)/t12-,13+,15+/m0/s1. The molecule has 4 amide bonds. The van der Waals surface area contributed by atoms with E-state index in [1.165, 1.54) is 0 Å². The minimum atomic E-state index is -0.487. The van der Waals surface area contributed by atoms with Crippen molar-refractivity contribution in [2.24, 2.45) is 5.73 Å².